The molecule has 2 N–H and O–H groups in total. The normalized spacial score (nSPS) is 20.6. The molecule has 0 aliphatic carbocycles. The molecule has 1 heterocycles. The first-order chi connectivity index (χ1) is 11.2. The number of carbonyl (C=O) groups excluding carboxylic acids is 1. The number of guanidine groups is 1. The van der Waals surface area contributed by atoms with Crippen LogP contribution in [-0.4, -0.2) is 68.0 Å². The Hall–Kier alpha value is -0.770. The van der Waals surface area contributed by atoms with Gasteiger partial charge in [0.15, 0.2) is 5.96 Å². The van der Waals surface area contributed by atoms with Crippen LogP contribution in [0.2, 0.25) is 0 Å². The molecule has 8 heteroatoms. The van der Waals surface area contributed by atoms with Crippen LogP contribution in [0.5, 0.6) is 0 Å². The lowest BCUT2D eigenvalue weighted by atomic mass is 10.0. The predicted molar refractivity (Wildman–Crippen MR) is 112 cm³/mol. The van der Waals surface area contributed by atoms with Crippen molar-refractivity contribution in [2.45, 2.75) is 58.7 Å². The number of amides is 1. The fraction of sp³-hybridized carbons (Fsp3) is 0.882. The van der Waals surface area contributed by atoms with Gasteiger partial charge in [0.25, 0.3) is 0 Å². The van der Waals surface area contributed by atoms with Gasteiger partial charge in [0.2, 0.25) is 0 Å². The van der Waals surface area contributed by atoms with E-state index in [-0.39, 0.29) is 35.7 Å². The summed E-state index contributed by atoms with van der Waals surface area (Å²) in [5.74, 6) is 0.715. The Morgan fingerprint density at radius 2 is 2.04 bits per heavy atom. The van der Waals surface area contributed by atoms with Crippen molar-refractivity contribution >= 4 is 36.0 Å². The molecule has 1 saturated heterocycles. The monoisotopic (exact) mass is 470 g/mol. The van der Waals surface area contributed by atoms with E-state index in [4.69, 9.17) is 9.47 Å². The van der Waals surface area contributed by atoms with E-state index in [0.29, 0.717) is 25.6 Å². The Morgan fingerprint density at radius 1 is 1.36 bits per heavy atom. The Morgan fingerprint density at radius 3 is 2.52 bits per heavy atom. The highest BCUT2D eigenvalue weighted by atomic mass is 127. The molecule has 0 spiro atoms. The highest BCUT2D eigenvalue weighted by Gasteiger charge is 2.29. The third kappa shape index (κ3) is 9.48. The molecule has 7 nitrogen and oxygen atoms in total. The lowest BCUT2D eigenvalue weighted by Gasteiger charge is -2.27. The predicted octanol–water partition coefficient (Wildman–Crippen LogP) is 2.60. The molecule has 1 amide bonds. The number of rotatable bonds is 6. The van der Waals surface area contributed by atoms with Gasteiger partial charge < -0.3 is 25.0 Å². The summed E-state index contributed by atoms with van der Waals surface area (Å²) in [6, 6.07) is 0. The molecule has 1 atom stereocenters. The van der Waals surface area contributed by atoms with Crippen molar-refractivity contribution in [2.24, 2.45) is 4.99 Å². The summed E-state index contributed by atoms with van der Waals surface area (Å²) in [5, 5.41) is 6.52. The fourth-order valence-corrected chi connectivity index (χ4v) is 2.48. The summed E-state index contributed by atoms with van der Waals surface area (Å²) in [6.45, 7) is 13.0. The average molecular weight is 470 g/mol. The quantitative estimate of drug-likeness (QED) is 0.355. The molecule has 0 aromatic heterocycles. The van der Waals surface area contributed by atoms with E-state index in [1.165, 1.54) is 0 Å². The summed E-state index contributed by atoms with van der Waals surface area (Å²) < 4.78 is 11.2. The van der Waals surface area contributed by atoms with Crippen LogP contribution in [0.25, 0.3) is 0 Å². The molecule has 0 aromatic rings. The zero-order valence-corrected chi connectivity index (χ0v) is 18.8. The molecule has 0 saturated carbocycles. The van der Waals surface area contributed by atoms with Gasteiger partial charge in [-0.05, 0) is 47.5 Å². The summed E-state index contributed by atoms with van der Waals surface area (Å²) in [5.41, 5.74) is -0.601. The second-order valence-electron chi connectivity index (χ2n) is 7.31. The first-order valence-electron chi connectivity index (χ1n) is 8.75. The van der Waals surface area contributed by atoms with Crippen LogP contribution in [0.15, 0.2) is 4.99 Å². The van der Waals surface area contributed by atoms with Gasteiger partial charge in [-0.3, -0.25) is 4.99 Å². The Bertz CT molecular complexity index is 432. The van der Waals surface area contributed by atoms with Gasteiger partial charge in [0.1, 0.15) is 5.60 Å². The molecule has 1 aliphatic rings. The maximum absolute atomic E-state index is 12.1. The number of hydrogen-bond donors (Lipinski definition) is 2. The highest BCUT2D eigenvalue weighted by molar-refractivity contribution is 14.0. The number of hydrogen-bond acceptors (Lipinski definition) is 4. The molecule has 0 aromatic carbocycles. The van der Waals surface area contributed by atoms with E-state index < -0.39 is 5.60 Å². The van der Waals surface area contributed by atoms with Crippen LogP contribution >= 0.6 is 24.0 Å². The molecule has 1 fully saturated rings. The van der Waals surface area contributed by atoms with Crippen LogP contribution in [0, 0.1) is 0 Å². The van der Waals surface area contributed by atoms with E-state index in [2.05, 4.69) is 22.5 Å². The lowest BCUT2D eigenvalue weighted by molar-refractivity contribution is 0.0242. The third-order valence-electron chi connectivity index (χ3n) is 3.86. The van der Waals surface area contributed by atoms with E-state index in [1.54, 1.807) is 11.9 Å². The summed E-state index contributed by atoms with van der Waals surface area (Å²) >= 11 is 0. The second kappa shape index (κ2) is 11.1. The number of likely N-dealkylation sites (N-methyl/N-ethyl adjacent to an activating group) is 1. The summed E-state index contributed by atoms with van der Waals surface area (Å²) in [6.07, 6.45) is 1.87. The van der Waals surface area contributed by atoms with Crippen molar-refractivity contribution < 1.29 is 14.3 Å². The minimum absolute atomic E-state index is 0. The van der Waals surface area contributed by atoms with Crippen LogP contribution < -0.4 is 10.6 Å². The Labute approximate surface area is 169 Å². The van der Waals surface area contributed by atoms with E-state index in [9.17, 15) is 4.79 Å². The van der Waals surface area contributed by atoms with Crippen molar-refractivity contribution in [3.05, 3.63) is 0 Å². The lowest BCUT2D eigenvalue weighted by Crippen LogP contribution is -2.48. The summed E-state index contributed by atoms with van der Waals surface area (Å²) in [4.78, 5) is 18.0. The zero-order valence-electron chi connectivity index (χ0n) is 16.5. The van der Waals surface area contributed by atoms with Gasteiger partial charge in [0.05, 0.1) is 5.60 Å². The maximum Gasteiger partial charge on any atom is 0.410 e. The molecule has 1 rings (SSSR count). The third-order valence-corrected chi connectivity index (χ3v) is 3.86. The standard InChI is InChI=1S/C17H34N4O3.HI/c1-7-21(15(22)24-16(2,3)4)11-10-19-14(18-6)20-13-17(5)9-8-12-23-17;/h7-13H2,1-6H3,(H2,18,19,20);1H. The molecule has 25 heavy (non-hydrogen) atoms. The average Bonchev–Trinajstić information content (AvgIpc) is 2.92. The molecule has 1 unspecified atom stereocenters. The molecular weight excluding hydrogens is 435 g/mol. The number of halogens is 1. The first-order valence-corrected chi connectivity index (χ1v) is 8.75. The smallest absolute Gasteiger partial charge is 0.410 e. The second-order valence-corrected chi connectivity index (χ2v) is 7.31. The molecule has 0 radical (unpaired) electrons. The molecule has 0 bridgehead atoms. The Kier molecular flexibility index (Phi) is 10.7. The topological polar surface area (TPSA) is 75.2 Å². The first kappa shape index (κ1) is 24.2. The largest absolute Gasteiger partial charge is 0.444 e. The van der Waals surface area contributed by atoms with Crippen molar-refractivity contribution in [3.63, 3.8) is 0 Å². The van der Waals surface area contributed by atoms with Gasteiger partial charge >= 0.3 is 6.09 Å². The van der Waals surface area contributed by atoms with Crippen molar-refractivity contribution in [1.29, 1.82) is 0 Å². The minimum Gasteiger partial charge on any atom is -0.444 e. The molecule has 148 valence electrons. The van der Waals surface area contributed by atoms with Crippen molar-refractivity contribution in [2.75, 3.05) is 39.8 Å². The molecule has 1 aliphatic heterocycles. The summed E-state index contributed by atoms with van der Waals surface area (Å²) in [7, 11) is 1.73. The van der Waals surface area contributed by atoms with Crippen LogP contribution in [0.4, 0.5) is 4.79 Å². The number of nitrogens with zero attached hydrogens (tertiary/aromatic N) is 2. The number of carbonyl (C=O) groups is 1. The molecular formula is C17H35IN4O3. The van der Waals surface area contributed by atoms with Crippen LogP contribution in [0.3, 0.4) is 0 Å². The fourth-order valence-electron chi connectivity index (χ4n) is 2.48. The van der Waals surface area contributed by atoms with Gasteiger partial charge in [-0.2, -0.15) is 0 Å². The Balaban J connectivity index is 0.00000576. The number of ether oxygens (including phenoxy) is 2. The van der Waals surface area contributed by atoms with Crippen LogP contribution in [-0.2, 0) is 9.47 Å². The maximum atomic E-state index is 12.1. The highest BCUT2D eigenvalue weighted by Crippen LogP contribution is 2.23. The van der Waals surface area contributed by atoms with Crippen molar-refractivity contribution in [3.8, 4) is 0 Å². The van der Waals surface area contributed by atoms with E-state index in [1.807, 2.05) is 27.7 Å². The van der Waals surface area contributed by atoms with E-state index >= 15 is 0 Å². The van der Waals surface area contributed by atoms with Gasteiger partial charge in [-0.15, -0.1) is 24.0 Å². The minimum atomic E-state index is -0.480. The van der Waals surface area contributed by atoms with Crippen molar-refractivity contribution in [1.82, 2.24) is 15.5 Å². The zero-order chi connectivity index (χ0) is 18.2. The number of nitrogens with one attached hydrogen (secondary N) is 2. The van der Waals surface area contributed by atoms with Gasteiger partial charge in [-0.25, -0.2) is 4.79 Å². The van der Waals surface area contributed by atoms with Gasteiger partial charge in [0, 0.05) is 39.8 Å². The van der Waals surface area contributed by atoms with E-state index in [0.717, 1.165) is 26.0 Å². The van der Waals surface area contributed by atoms with Gasteiger partial charge in [-0.1, -0.05) is 0 Å². The number of aliphatic imine (C=N–C) groups is 1. The SMILES string of the molecule is CCN(CCNC(=NC)NCC1(C)CCCO1)C(=O)OC(C)(C)C.I. The van der Waals surface area contributed by atoms with Crippen LogP contribution in [0.1, 0.15) is 47.5 Å².